The monoisotopic (exact) mass is 393 g/mol. The third kappa shape index (κ3) is 3.78. The molecule has 28 heavy (non-hydrogen) atoms. The molecular formula is C21H19N3O3S. The number of rotatable bonds is 6. The van der Waals surface area contributed by atoms with E-state index in [2.05, 4.69) is 16.0 Å². The lowest BCUT2D eigenvalue weighted by Crippen LogP contribution is -2.15. The number of H-pyrrole nitrogens is 1. The predicted octanol–water partition coefficient (Wildman–Crippen LogP) is 4.28. The number of esters is 1. The minimum Gasteiger partial charge on any atom is -0.462 e. The van der Waals surface area contributed by atoms with Crippen LogP contribution in [-0.2, 0) is 4.74 Å². The Hall–Kier alpha value is -3.11. The number of nitrogens with zero attached hydrogens (tertiary/aromatic N) is 2. The van der Waals surface area contributed by atoms with E-state index in [0.29, 0.717) is 16.3 Å². The van der Waals surface area contributed by atoms with Gasteiger partial charge < -0.3 is 9.72 Å². The third-order valence-corrected chi connectivity index (χ3v) is 5.41. The number of ether oxygens (including phenoxy) is 1. The number of thioether (sulfide) groups is 1. The molecule has 0 radical (unpaired) electrons. The average molecular weight is 393 g/mol. The summed E-state index contributed by atoms with van der Waals surface area (Å²) in [6.07, 6.45) is 1.71. The topological polar surface area (TPSA) is 95.8 Å². The molecule has 1 atom stereocenters. The van der Waals surface area contributed by atoms with Crippen LogP contribution < -0.4 is 0 Å². The maximum Gasteiger partial charge on any atom is 0.340 e. The first kappa shape index (κ1) is 19.6. The van der Waals surface area contributed by atoms with Crippen LogP contribution in [-0.4, -0.2) is 33.6 Å². The molecule has 0 bridgehead atoms. The van der Waals surface area contributed by atoms with Crippen molar-refractivity contribution in [2.75, 3.05) is 6.61 Å². The Kier molecular flexibility index (Phi) is 5.81. The van der Waals surface area contributed by atoms with E-state index in [9.17, 15) is 14.9 Å². The van der Waals surface area contributed by atoms with Gasteiger partial charge in [-0.2, -0.15) is 5.26 Å². The van der Waals surface area contributed by atoms with Gasteiger partial charge in [0.25, 0.3) is 0 Å². The highest BCUT2D eigenvalue weighted by Gasteiger charge is 2.23. The van der Waals surface area contributed by atoms with Crippen LogP contribution in [0.2, 0.25) is 0 Å². The lowest BCUT2D eigenvalue weighted by Gasteiger charge is -2.12. The van der Waals surface area contributed by atoms with Gasteiger partial charge in [-0.15, -0.1) is 0 Å². The normalized spacial score (nSPS) is 11.8. The van der Waals surface area contributed by atoms with Crippen LogP contribution in [0.5, 0.6) is 0 Å². The van der Waals surface area contributed by atoms with Gasteiger partial charge in [0.15, 0.2) is 5.78 Å². The number of pyridine rings is 1. The van der Waals surface area contributed by atoms with E-state index in [1.165, 1.54) is 17.8 Å². The van der Waals surface area contributed by atoms with Crippen molar-refractivity contribution in [2.45, 2.75) is 31.0 Å². The Labute approximate surface area is 166 Å². The first-order valence-corrected chi connectivity index (χ1v) is 9.70. The van der Waals surface area contributed by atoms with E-state index in [1.54, 1.807) is 27.0 Å². The molecule has 7 heteroatoms. The number of hydrogen-bond acceptors (Lipinski definition) is 6. The number of Topliss-reactive ketones (excluding diaryl/α,β-unsaturated/α-hetero) is 1. The number of hydrogen-bond donors (Lipinski definition) is 1. The summed E-state index contributed by atoms with van der Waals surface area (Å²) in [4.78, 5) is 32.5. The Morgan fingerprint density at radius 1 is 1.32 bits per heavy atom. The highest BCUT2D eigenvalue weighted by Crippen LogP contribution is 2.30. The molecule has 1 N–H and O–H groups in total. The molecule has 0 saturated heterocycles. The van der Waals surface area contributed by atoms with Crippen molar-refractivity contribution in [3.8, 4) is 6.07 Å². The number of fused-ring (bicyclic) bond motifs is 1. The molecule has 0 amide bonds. The standard InChI is InChI=1S/C21H19N3O3S/c1-4-27-21(26)16-9-14(10-22)20(24-12(16)2)28-13(3)19(25)17-11-23-18-8-6-5-7-15(17)18/h5-9,11,13,23H,4H2,1-3H3/t13-/m1/s1. The molecule has 6 nitrogen and oxygen atoms in total. The Morgan fingerprint density at radius 3 is 2.79 bits per heavy atom. The van der Waals surface area contributed by atoms with Gasteiger partial charge in [0.1, 0.15) is 11.1 Å². The molecular weight excluding hydrogens is 374 g/mol. The number of nitriles is 1. The second kappa shape index (κ2) is 8.28. The smallest absolute Gasteiger partial charge is 0.340 e. The summed E-state index contributed by atoms with van der Waals surface area (Å²) in [6.45, 7) is 5.43. The molecule has 2 aromatic heterocycles. The summed E-state index contributed by atoms with van der Waals surface area (Å²) >= 11 is 1.21. The van der Waals surface area contributed by atoms with Gasteiger partial charge in [-0.1, -0.05) is 30.0 Å². The average Bonchev–Trinajstić information content (AvgIpc) is 3.11. The first-order chi connectivity index (χ1) is 13.5. The summed E-state index contributed by atoms with van der Waals surface area (Å²) in [5, 5.41) is 10.3. The molecule has 0 saturated carbocycles. The van der Waals surface area contributed by atoms with Crippen LogP contribution in [0.25, 0.3) is 10.9 Å². The number of ketones is 1. The van der Waals surface area contributed by atoms with E-state index in [0.717, 1.165) is 10.9 Å². The molecule has 3 rings (SSSR count). The quantitative estimate of drug-likeness (QED) is 0.381. The number of benzene rings is 1. The van der Waals surface area contributed by atoms with Crippen LogP contribution in [0.15, 0.2) is 41.6 Å². The highest BCUT2D eigenvalue weighted by atomic mass is 32.2. The number of para-hydroxylation sites is 1. The number of nitrogens with one attached hydrogen (secondary N) is 1. The fourth-order valence-electron chi connectivity index (χ4n) is 2.88. The summed E-state index contributed by atoms with van der Waals surface area (Å²) in [5.41, 5.74) is 2.48. The third-order valence-electron chi connectivity index (χ3n) is 4.31. The lowest BCUT2D eigenvalue weighted by molar-refractivity contribution is 0.0524. The summed E-state index contributed by atoms with van der Waals surface area (Å²) in [5.74, 6) is -0.566. The fraction of sp³-hybridized carbons (Fsp3) is 0.238. The first-order valence-electron chi connectivity index (χ1n) is 8.82. The molecule has 0 spiro atoms. The van der Waals surface area contributed by atoms with Crippen LogP contribution in [0.4, 0.5) is 0 Å². The van der Waals surface area contributed by atoms with Crippen molar-refractivity contribution in [2.24, 2.45) is 0 Å². The van der Waals surface area contributed by atoms with Crippen molar-refractivity contribution >= 4 is 34.4 Å². The minimum absolute atomic E-state index is 0.0553. The second-order valence-corrected chi connectivity index (χ2v) is 7.51. The molecule has 3 aromatic rings. The number of carbonyl (C=O) groups is 2. The number of aryl methyl sites for hydroxylation is 1. The molecule has 0 aliphatic rings. The van der Waals surface area contributed by atoms with Gasteiger partial charge in [0, 0.05) is 22.7 Å². The molecule has 0 aliphatic heterocycles. The van der Waals surface area contributed by atoms with E-state index in [4.69, 9.17) is 4.74 Å². The molecule has 0 fully saturated rings. The summed E-state index contributed by atoms with van der Waals surface area (Å²) < 4.78 is 5.00. The number of carbonyl (C=O) groups excluding carboxylic acids is 2. The second-order valence-electron chi connectivity index (χ2n) is 6.18. The maximum atomic E-state index is 12.9. The number of aromatic nitrogens is 2. The van der Waals surface area contributed by atoms with Gasteiger partial charge in [-0.25, -0.2) is 9.78 Å². The van der Waals surface area contributed by atoms with Gasteiger partial charge in [-0.3, -0.25) is 4.79 Å². The summed E-state index contributed by atoms with van der Waals surface area (Å²) in [7, 11) is 0. The van der Waals surface area contributed by atoms with E-state index < -0.39 is 11.2 Å². The van der Waals surface area contributed by atoms with Crippen molar-refractivity contribution in [3.63, 3.8) is 0 Å². The molecule has 0 aliphatic carbocycles. The van der Waals surface area contributed by atoms with Crippen molar-refractivity contribution in [3.05, 3.63) is 58.9 Å². The molecule has 1 aromatic carbocycles. The largest absolute Gasteiger partial charge is 0.462 e. The lowest BCUT2D eigenvalue weighted by atomic mass is 10.1. The molecule has 142 valence electrons. The van der Waals surface area contributed by atoms with E-state index >= 15 is 0 Å². The molecule has 2 heterocycles. The van der Waals surface area contributed by atoms with Crippen LogP contribution >= 0.6 is 11.8 Å². The highest BCUT2D eigenvalue weighted by molar-refractivity contribution is 8.00. The maximum absolute atomic E-state index is 12.9. The zero-order chi connectivity index (χ0) is 20.3. The zero-order valence-corrected chi connectivity index (χ0v) is 16.6. The van der Waals surface area contributed by atoms with E-state index in [1.807, 2.05) is 24.3 Å². The van der Waals surface area contributed by atoms with Crippen LogP contribution in [0.3, 0.4) is 0 Å². The van der Waals surface area contributed by atoms with Gasteiger partial charge >= 0.3 is 5.97 Å². The van der Waals surface area contributed by atoms with Crippen molar-refractivity contribution in [1.82, 2.24) is 9.97 Å². The van der Waals surface area contributed by atoms with Crippen molar-refractivity contribution < 1.29 is 14.3 Å². The van der Waals surface area contributed by atoms with Gasteiger partial charge in [0.05, 0.1) is 28.7 Å². The molecule has 0 unspecified atom stereocenters. The minimum atomic E-state index is -0.511. The summed E-state index contributed by atoms with van der Waals surface area (Å²) in [6, 6.07) is 11.1. The predicted molar refractivity (Wildman–Crippen MR) is 108 cm³/mol. The van der Waals surface area contributed by atoms with Gasteiger partial charge in [0.2, 0.25) is 0 Å². The van der Waals surface area contributed by atoms with Crippen molar-refractivity contribution in [1.29, 1.82) is 5.26 Å². The number of aromatic amines is 1. The Morgan fingerprint density at radius 2 is 2.07 bits per heavy atom. The fourth-order valence-corrected chi connectivity index (χ4v) is 3.87. The van der Waals surface area contributed by atoms with E-state index in [-0.39, 0.29) is 23.5 Å². The Bertz CT molecular complexity index is 1100. The van der Waals surface area contributed by atoms with Crippen LogP contribution in [0, 0.1) is 18.3 Å². The SMILES string of the molecule is CCOC(=O)c1cc(C#N)c(S[C@H](C)C(=O)c2c[nH]c3ccccc23)nc1C. The van der Waals surface area contributed by atoms with Gasteiger partial charge in [-0.05, 0) is 32.9 Å². The Balaban J connectivity index is 1.88. The van der Waals surface area contributed by atoms with Crippen LogP contribution in [0.1, 0.15) is 45.8 Å². The zero-order valence-electron chi connectivity index (χ0n) is 15.8.